The van der Waals surface area contributed by atoms with Crippen LogP contribution in [0.5, 0.6) is 0 Å². The summed E-state index contributed by atoms with van der Waals surface area (Å²) in [6.07, 6.45) is 2.29. The molecule has 5 N–H and O–H groups in total. The predicted molar refractivity (Wildman–Crippen MR) is 145 cm³/mol. The van der Waals surface area contributed by atoms with Crippen LogP contribution in [0.1, 0.15) is 59.0 Å². The fourth-order valence-corrected chi connectivity index (χ4v) is 4.64. The Morgan fingerprint density at radius 2 is 1.84 bits per heavy atom. The number of hydrogen-bond donors (Lipinski definition) is 3. The fraction of sp³-hybridized carbons (Fsp3) is 0.222. The predicted octanol–water partition coefficient (Wildman–Crippen LogP) is 4.20. The molecule has 0 aliphatic rings. The van der Waals surface area contributed by atoms with Gasteiger partial charge in [-0.25, -0.2) is 4.39 Å². The lowest BCUT2D eigenvalue weighted by molar-refractivity contribution is -0.124. The third-order valence-corrected chi connectivity index (χ3v) is 7.12. The minimum absolute atomic E-state index is 0.0712. The Morgan fingerprint density at radius 3 is 2.47 bits per heavy atom. The Morgan fingerprint density at radius 1 is 1.13 bits per heavy atom. The van der Waals surface area contributed by atoms with Gasteiger partial charge in [0.1, 0.15) is 16.7 Å². The molecule has 0 aliphatic heterocycles. The fourth-order valence-electron chi connectivity index (χ4n) is 3.90. The van der Waals surface area contributed by atoms with E-state index in [4.69, 9.17) is 11.5 Å². The van der Waals surface area contributed by atoms with Gasteiger partial charge in [-0.1, -0.05) is 19.1 Å². The molecule has 0 saturated heterocycles. The van der Waals surface area contributed by atoms with Crippen molar-refractivity contribution in [3.63, 3.8) is 0 Å². The minimum atomic E-state index is -1.19. The molecule has 9 nitrogen and oxygen atoms in total. The highest BCUT2D eigenvalue weighted by molar-refractivity contribution is 7.09. The number of aromatic nitrogens is 2. The Labute approximate surface area is 222 Å². The first-order valence-corrected chi connectivity index (χ1v) is 12.6. The molecule has 0 fully saturated rings. The van der Waals surface area contributed by atoms with Crippen LogP contribution in [0.25, 0.3) is 10.9 Å². The van der Waals surface area contributed by atoms with Gasteiger partial charge >= 0.3 is 0 Å². The number of fused-ring (bicyclic) bond motifs is 1. The molecular weight excluding hydrogens is 507 g/mol. The number of rotatable bonds is 8. The van der Waals surface area contributed by atoms with Crippen molar-refractivity contribution in [3.05, 3.63) is 82.7 Å². The number of primary amides is 1. The van der Waals surface area contributed by atoms with Crippen molar-refractivity contribution in [2.24, 2.45) is 5.73 Å². The zero-order valence-electron chi connectivity index (χ0n) is 21.1. The number of carbonyl (C=O) groups excluding carboxylic acids is 3. The smallest absolute Gasteiger partial charge is 0.273 e. The molecule has 2 aromatic heterocycles. The highest BCUT2D eigenvalue weighted by atomic mass is 32.1. The van der Waals surface area contributed by atoms with E-state index in [0.717, 1.165) is 5.39 Å². The maximum atomic E-state index is 14.1. The van der Waals surface area contributed by atoms with Crippen LogP contribution in [-0.4, -0.2) is 32.6 Å². The van der Waals surface area contributed by atoms with Crippen LogP contribution < -0.4 is 21.7 Å². The number of hydrogen-bond acceptors (Lipinski definition) is 7. The van der Waals surface area contributed by atoms with E-state index in [0.29, 0.717) is 29.0 Å². The maximum absolute atomic E-state index is 14.1. The van der Waals surface area contributed by atoms with Crippen molar-refractivity contribution in [1.29, 1.82) is 0 Å². The molecule has 0 saturated carbocycles. The Kier molecular flexibility index (Phi) is 7.40. The summed E-state index contributed by atoms with van der Waals surface area (Å²) in [5.74, 6) is -2.55. The van der Waals surface area contributed by atoms with Gasteiger partial charge in [0.05, 0.1) is 11.2 Å². The van der Waals surface area contributed by atoms with Crippen molar-refractivity contribution < 1.29 is 18.8 Å². The summed E-state index contributed by atoms with van der Waals surface area (Å²) >= 11 is 0.700. The molecule has 0 aliphatic carbocycles. The lowest BCUT2D eigenvalue weighted by atomic mass is 9.97. The molecule has 3 amide bonds. The van der Waals surface area contributed by atoms with Crippen molar-refractivity contribution in [2.75, 3.05) is 10.6 Å². The molecule has 0 radical (unpaired) electrons. The summed E-state index contributed by atoms with van der Waals surface area (Å²) in [7, 11) is 0. The number of anilines is 2. The highest BCUT2D eigenvalue weighted by Crippen LogP contribution is 2.34. The Bertz CT molecular complexity index is 1520. The van der Waals surface area contributed by atoms with E-state index in [9.17, 15) is 18.8 Å². The third-order valence-electron chi connectivity index (χ3n) is 6.27. The summed E-state index contributed by atoms with van der Waals surface area (Å²) < 4.78 is 17.8. The van der Waals surface area contributed by atoms with Crippen LogP contribution in [0.2, 0.25) is 0 Å². The van der Waals surface area contributed by atoms with Gasteiger partial charge in [0, 0.05) is 22.8 Å². The van der Waals surface area contributed by atoms with E-state index < -0.39 is 35.1 Å². The van der Waals surface area contributed by atoms with Crippen LogP contribution in [0.3, 0.4) is 0 Å². The minimum Gasteiger partial charge on any atom is -0.395 e. The first kappa shape index (κ1) is 26.7. The van der Waals surface area contributed by atoms with Crippen LogP contribution in [0, 0.1) is 5.82 Å². The quantitative estimate of drug-likeness (QED) is 0.309. The van der Waals surface area contributed by atoms with Crippen LogP contribution in [0.15, 0.2) is 60.8 Å². The SMILES string of the molecule is CCC(C)(C)NC(=O)[C@H](c1ccc2ncccc2c1)N(C(=O)c1snc(C(N)=O)c1N)c1ccc(F)cc1. The van der Waals surface area contributed by atoms with E-state index in [1.54, 1.807) is 30.5 Å². The highest BCUT2D eigenvalue weighted by Gasteiger charge is 2.37. The summed E-state index contributed by atoms with van der Waals surface area (Å²) in [4.78, 5) is 45.3. The summed E-state index contributed by atoms with van der Waals surface area (Å²) in [5, 5.41) is 3.78. The standard InChI is InChI=1S/C27H27FN6O3S/c1-4-27(2,3)32-25(36)22(16-7-12-19-15(14-16)6-5-13-31-19)34(18-10-8-17(28)9-11-18)26(37)23-20(29)21(24(30)35)33-38-23/h5-14,22H,4,29H2,1-3H3,(H2,30,35)(H,32,36)/t22-/m0/s1. The molecule has 11 heteroatoms. The largest absolute Gasteiger partial charge is 0.395 e. The number of halogens is 1. The van der Waals surface area contributed by atoms with Gasteiger partial charge in [-0.15, -0.1) is 0 Å². The van der Waals surface area contributed by atoms with E-state index in [1.807, 2.05) is 26.8 Å². The van der Waals surface area contributed by atoms with Crippen molar-refractivity contribution >= 4 is 51.5 Å². The average molecular weight is 535 g/mol. The number of pyridine rings is 1. The van der Waals surface area contributed by atoms with Gasteiger partial charge in [-0.3, -0.25) is 24.3 Å². The zero-order chi connectivity index (χ0) is 27.6. The first-order chi connectivity index (χ1) is 18.0. The number of nitrogens with two attached hydrogens (primary N) is 2. The van der Waals surface area contributed by atoms with Crippen molar-refractivity contribution in [1.82, 2.24) is 14.7 Å². The molecule has 2 heterocycles. The van der Waals surface area contributed by atoms with Crippen LogP contribution in [-0.2, 0) is 4.79 Å². The molecule has 0 unspecified atom stereocenters. The van der Waals surface area contributed by atoms with E-state index in [2.05, 4.69) is 14.7 Å². The van der Waals surface area contributed by atoms with E-state index in [-0.39, 0.29) is 21.9 Å². The van der Waals surface area contributed by atoms with E-state index >= 15 is 0 Å². The van der Waals surface area contributed by atoms with Crippen molar-refractivity contribution in [3.8, 4) is 0 Å². The number of amides is 3. The lowest BCUT2D eigenvalue weighted by Crippen LogP contribution is -2.50. The number of carbonyl (C=O) groups is 3. The molecule has 196 valence electrons. The van der Waals surface area contributed by atoms with Crippen LogP contribution in [0.4, 0.5) is 15.8 Å². The second-order valence-electron chi connectivity index (χ2n) is 9.37. The van der Waals surface area contributed by atoms with Gasteiger partial charge in [0.2, 0.25) is 5.91 Å². The second-order valence-corrected chi connectivity index (χ2v) is 10.1. The monoisotopic (exact) mass is 534 g/mol. The van der Waals surface area contributed by atoms with Gasteiger partial charge < -0.3 is 16.8 Å². The molecule has 0 spiro atoms. The van der Waals surface area contributed by atoms with Gasteiger partial charge in [-0.2, -0.15) is 4.37 Å². The molecule has 38 heavy (non-hydrogen) atoms. The molecule has 4 aromatic rings. The third kappa shape index (κ3) is 5.32. The molecule has 2 aromatic carbocycles. The topological polar surface area (TPSA) is 144 Å². The molecular formula is C27H27FN6O3S. The second kappa shape index (κ2) is 10.5. The number of benzene rings is 2. The molecule has 1 atom stereocenters. The van der Waals surface area contributed by atoms with Crippen molar-refractivity contribution in [2.45, 2.75) is 38.8 Å². The number of nitrogens with zero attached hydrogens (tertiary/aromatic N) is 3. The normalized spacial score (nSPS) is 12.2. The Hall–Kier alpha value is -4.38. The number of nitrogens with one attached hydrogen (secondary N) is 1. The summed E-state index contributed by atoms with van der Waals surface area (Å²) in [6.45, 7) is 5.68. The molecule has 4 rings (SSSR count). The molecule has 0 bridgehead atoms. The lowest BCUT2D eigenvalue weighted by Gasteiger charge is -2.34. The van der Waals surface area contributed by atoms with Crippen LogP contribution >= 0.6 is 11.5 Å². The van der Waals surface area contributed by atoms with Gasteiger partial charge in [0.15, 0.2) is 5.69 Å². The van der Waals surface area contributed by atoms with Gasteiger partial charge in [0.25, 0.3) is 11.8 Å². The summed E-state index contributed by atoms with van der Waals surface area (Å²) in [6, 6.07) is 12.9. The Balaban J connectivity index is 1.94. The number of nitrogen functional groups attached to an aromatic ring is 1. The average Bonchev–Trinajstić information content (AvgIpc) is 3.28. The van der Waals surface area contributed by atoms with Gasteiger partial charge in [-0.05, 0) is 79.8 Å². The zero-order valence-corrected chi connectivity index (χ0v) is 21.9. The van der Waals surface area contributed by atoms with E-state index in [1.165, 1.54) is 29.2 Å². The first-order valence-electron chi connectivity index (χ1n) is 11.8. The maximum Gasteiger partial charge on any atom is 0.273 e. The summed E-state index contributed by atoms with van der Waals surface area (Å²) in [5.41, 5.74) is 11.9.